The highest BCUT2D eigenvalue weighted by molar-refractivity contribution is 5.70. The summed E-state index contributed by atoms with van der Waals surface area (Å²) in [6.45, 7) is 4.13. The fraction of sp³-hybridized carbons (Fsp3) is 0.833. The van der Waals surface area contributed by atoms with Gasteiger partial charge in [0.1, 0.15) is 6.61 Å². The Bertz CT molecular complexity index is 847. The Hall–Kier alpha value is -1.88. The lowest BCUT2D eigenvalue weighted by atomic mass is 10.1. The summed E-state index contributed by atoms with van der Waals surface area (Å²) in [7, 11) is 0. The standard InChI is InChI=1S/C48H88O5/c1-3-5-7-9-11-13-15-17-19-21-23-24-25-27-28-30-32-34-36-38-40-42-47(50)52-45-46(44-49)53-48(51)43-41-39-37-35-33-31-29-26-22-20-18-16-14-12-10-8-6-4-2/h14,16,20-23,46,49H,3-13,15,17-19,24-45H2,1-2H3/b16-14-,22-20-,23-21-. The number of rotatable bonds is 42. The van der Waals surface area contributed by atoms with Gasteiger partial charge in [0.15, 0.2) is 6.10 Å². The van der Waals surface area contributed by atoms with E-state index in [1.165, 1.54) is 161 Å². The average molecular weight is 745 g/mol. The van der Waals surface area contributed by atoms with Crippen LogP contribution in [0.2, 0.25) is 0 Å². The monoisotopic (exact) mass is 745 g/mol. The van der Waals surface area contributed by atoms with Crippen LogP contribution < -0.4 is 0 Å². The van der Waals surface area contributed by atoms with Crippen molar-refractivity contribution in [1.82, 2.24) is 0 Å². The summed E-state index contributed by atoms with van der Waals surface area (Å²) in [6, 6.07) is 0. The predicted molar refractivity (Wildman–Crippen MR) is 228 cm³/mol. The highest BCUT2D eigenvalue weighted by Gasteiger charge is 2.16. The summed E-state index contributed by atoms with van der Waals surface area (Å²) < 4.78 is 10.6. The minimum Gasteiger partial charge on any atom is -0.462 e. The maximum atomic E-state index is 12.2. The van der Waals surface area contributed by atoms with Crippen molar-refractivity contribution in [3.8, 4) is 0 Å². The van der Waals surface area contributed by atoms with Crippen molar-refractivity contribution in [3.05, 3.63) is 36.5 Å². The van der Waals surface area contributed by atoms with Crippen LogP contribution in [-0.2, 0) is 19.1 Å². The van der Waals surface area contributed by atoms with Gasteiger partial charge in [0.25, 0.3) is 0 Å². The highest BCUT2D eigenvalue weighted by atomic mass is 16.6. The van der Waals surface area contributed by atoms with Gasteiger partial charge in [-0.1, -0.05) is 192 Å². The van der Waals surface area contributed by atoms with Crippen LogP contribution in [0.15, 0.2) is 36.5 Å². The number of hydrogen-bond acceptors (Lipinski definition) is 5. The molecule has 0 aromatic rings. The van der Waals surface area contributed by atoms with E-state index in [0.717, 1.165) is 51.4 Å². The first-order valence-electron chi connectivity index (χ1n) is 23.0. The highest BCUT2D eigenvalue weighted by Crippen LogP contribution is 2.14. The van der Waals surface area contributed by atoms with Gasteiger partial charge in [-0.15, -0.1) is 0 Å². The molecule has 0 aliphatic heterocycles. The summed E-state index contributed by atoms with van der Waals surface area (Å²) in [6.07, 6.45) is 55.0. The number of carbonyl (C=O) groups excluding carboxylic acids is 2. The summed E-state index contributed by atoms with van der Waals surface area (Å²) in [5.41, 5.74) is 0. The molecule has 0 saturated carbocycles. The van der Waals surface area contributed by atoms with Gasteiger partial charge in [-0.25, -0.2) is 0 Å². The van der Waals surface area contributed by atoms with E-state index in [2.05, 4.69) is 50.3 Å². The van der Waals surface area contributed by atoms with E-state index in [-0.39, 0.29) is 25.2 Å². The molecule has 5 nitrogen and oxygen atoms in total. The molecular weight excluding hydrogens is 657 g/mol. The van der Waals surface area contributed by atoms with Crippen LogP contribution in [0.4, 0.5) is 0 Å². The topological polar surface area (TPSA) is 72.8 Å². The molecule has 0 aliphatic carbocycles. The Labute approximate surface area is 329 Å². The Morgan fingerprint density at radius 1 is 0.434 bits per heavy atom. The molecular formula is C48H88O5. The second-order valence-corrected chi connectivity index (χ2v) is 15.5. The molecule has 0 saturated heterocycles. The number of carbonyl (C=O) groups is 2. The van der Waals surface area contributed by atoms with Gasteiger partial charge in [0, 0.05) is 12.8 Å². The smallest absolute Gasteiger partial charge is 0.306 e. The number of esters is 2. The first-order chi connectivity index (χ1) is 26.1. The van der Waals surface area contributed by atoms with Crippen LogP contribution in [0.1, 0.15) is 239 Å². The maximum Gasteiger partial charge on any atom is 0.306 e. The largest absolute Gasteiger partial charge is 0.462 e. The molecule has 0 rings (SSSR count). The quantitative estimate of drug-likeness (QED) is 0.0383. The molecule has 53 heavy (non-hydrogen) atoms. The Kier molecular flexibility index (Phi) is 42.9. The molecule has 5 heteroatoms. The van der Waals surface area contributed by atoms with Gasteiger partial charge in [-0.2, -0.15) is 0 Å². The molecule has 0 heterocycles. The summed E-state index contributed by atoms with van der Waals surface area (Å²) in [5, 5.41) is 9.59. The van der Waals surface area contributed by atoms with E-state index >= 15 is 0 Å². The fourth-order valence-corrected chi connectivity index (χ4v) is 6.64. The Morgan fingerprint density at radius 3 is 1.15 bits per heavy atom. The third-order valence-corrected chi connectivity index (χ3v) is 10.2. The molecule has 0 aromatic carbocycles. The second kappa shape index (κ2) is 44.5. The SMILES string of the molecule is CCCCCC/C=C\C/C=C\CCCCCCCCCC(=O)OC(CO)COC(=O)CCCCCCCCCCC/C=C\CCCCCCCCCC. The molecule has 0 spiro atoms. The number of aliphatic hydroxyl groups excluding tert-OH is 1. The van der Waals surface area contributed by atoms with E-state index in [0.29, 0.717) is 12.8 Å². The molecule has 1 atom stereocenters. The fourth-order valence-electron chi connectivity index (χ4n) is 6.64. The second-order valence-electron chi connectivity index (χ2n) is 15.5. The van der Waals surface area contributed by atoms with Gasteiger partial charge in [-0.05, 0) is 70.6 Å². The van der Waals surface area contributed by atoms with Crippen molar-refractivity contribution in [2.75, 3.05) is 13.2 Å². The first kappa shape index (κ1) is 51.1. The van der Waals surface area contributed by atoms with Crippen molar-refractivity contribution in [2.45, 2.75) is 245 Å². The molecule has 0 aliphatic rings. The zero-order chi connectivity index (χ0) is 38.6. The van der Waals surface area contributed by atoms with Crippen molar-refractivity contribution in [1.29, 1.82) is 0 Å². The number of aliphatic hydroxyl groups is 1. The molecule has 0 fully saturated rings. The van der Waals surface area contributed by atoms with Gasteiger partial charge in [0.05, 0.1) is 6.61 Å². The summed E-state index contributed by atoms with van der Waals surface area (Å²) >= 11 is 0. The molecule has 0 amide bonds. The molecule has 0 radical (unpaired) electrons. The van der Waals surface area contributed by atoms with Gasteiger partial charge in [-0.3, -0.25) is 9.59 Å². The predicted octanol–water partition coefficient (Wildman–Crippen LogP) is 14.8. The van der Waals surface area contributed by atoms with Crippen LogP contribution in [0.3, 0.4) is 0 Å². The van der Waals surface area contributed by atoms with E-state index in [4.69, 9.17) is 9.47 Å². The lowest BCUT2D eigenvalue weighted by Crippen LogP contribution is -2.28. The van der Waals surface area contributed by atoms with Crippen molar-refractivity contribution >= 4 is 11.9 Å². The van der Waals surface area contributed by atoms with Crippen LogP contribution in [0, 0.1) is 0 Å². The van der Waals surface area contributed by atoms with E-state index < -0.39 is 6.10 Å². The lowest BCUT2D eigenvalue weighted by Gasteiger charge is -2.15. The summed E-state index contributed by atoms with van der Waals surface area (Å²) in [5.74, 6) is -0.595. The third-order valence-electron chi connectivity index (χ3n) is 10.2. The molecule has 0 aromatic heterocycles. The summed E-state index contributed by atoms with van der Waals surface area (Å²) in [4.78, 5) is 24.4. The van der Waals surface area contributed by atoms with Gasteiger partial charge in [0.2, 0.25) is 0 Å². The number of hydrogen-bond donors (Lipinski definition) is 1. The van der Waals surface area contributed by atoms with Gasteiger partial charge < -0.3 is 14.6 Å². The number of allylic oxidation sites excluding steroid dienone is 6. The van der Waals surface area contributed by atoms with E-state index in [1.54, 1.807) is 0 Å². The normalized spacial score (nSPS) is 12.4. The average Bonchev–Trinajstić information content (AvgIpc) is 3.16. The number of unbranched alkanes of at least 4 members (excludes halogenated alkanes) is 28. The Balaban J connectivity index is 3.52. The van der Waals surface area contributed by atoms with Crippen LogP contribution in [0.5, 0.6) is 0 Å². The van der Waals surface area contributed by atoms with E-state index in [1.807, 2.05) is 0 Å². The third kappa shape index (κ3) is 42.7. The van der Waals surface area contributed by atoms with Gasteiger partial charge >= 0.3 is 11.9 Å². The van der Waals surface area contributed by atoms with Crippen LogP contribution in [0.25, 0.3) is 0 Å². The Morgan fingerprint density at radius 2 is 0.755 bits per heavy atom. The zero-order valence-corrected chi connectivity index (χ0v) is 35.3. The molecule has 310 valence electrons. The number of ether oxygens (including phenoxy) is 2. The van der Waals surface area contributed by atoms with Crippen LogP contribution in [-0.4, -0.2) is 36.4 Å². The molecule has 1 unspecified atom stereocenters. The van der Waals surface area contributed by atoms with E-state index in [9.17, 15) is 14.7 Å². The van der Waals surface area contributed by atoms with Crippen molar-refractivity contribution < 1.29 is 24.2 Å². The van der Waals surface area contributed by atoms with Crippen molar-refractivity contribution in [2.24, 2.45) is 0 Å². The molecule has 0 bridgehead atoms. The zero-order valence-electron chi connectivity index (χ0n) is 35.3. The minimum atomic E-state index is -0.775. The molecule has 1 N–H and O–H groups in total. The lowest BCUT2D eigenvalue weighted by molar-refractivity contribution is -0.161. The van der Waals surface area contributed by atoms with Crippen molar-refractivity contribution in [3.63, 3.8) is 0 Å². The minimum absolute atomic E-state index is 0.0683. The first-order valence-corrected chi connectivity index (χ1v) is 23.0. The maximum absolute atomic E-state index is 12.2. The van der Waals surface area contributed by atoms with Crippen LogP contribution >= 0.6 is 0 Å².